The number of nitrogens with zero attached hydrogens (tertiary/aromatic N) is 2. The van der Waals surface area contributed by atoms with Gasteiger partial charge in [0.05, 0.1) is 11.4 Å². The number of hydrogen-bond acceptors (Lipinski definition) is 4. The van der Waals surface area contributed by atoms with Gasteiger partial charge in [-0.2, -0.15) is 0 Å². The molecule has 0 spiro atoms. The number of nitrogens with one attached hydrogen (secondary N) is 1. The third-order valence-electron chi connectivity index (χ3n) is 2.88. The van der Waals surface area contributed by atoms with Crippen molar-refractivity contribution in [3.8, 4) is 5.75 Å². The molecule has 5 heteroatoms. The Bertz CT molecular complexity index is 557. The summed E-state index contributed by atoms with van der Waals surface area (Å²) in [7, 11) is 0. The molecule has 0 fully saturated rings. The van der Waals surface area contributed by atoms with Crippen molar-refractivity contribution in [1.82, 2.24) is 15.3 Å². The minimum atomic E-state index is -0.446. The second-order valence-corrected chi connectivity index (χ2v) is 4.45. The molecule has 0 aliphatic carbocycles. The van der Waals surface area contributed by atoms with Crippen LogP contribution in [0, 0.1) is 12.7 Å². The maximum absolute atomic E-state index is 12.9. The zero-order valence-corrected chi connectivity index (χ0v) is 10.9. The predicted molar refractivity (Wildman–Crippen MR) is 70.1 cm³/mol. The number of halogens is 1. The van der Waals surface area contributed by atoms with Gasteiger partial charge in [0, 0.05) is 36.6 Å². The molecule has 1 aromatic heterocycles. The summed E-state index contributed by atoms with van der Waals surface area (Å²) in [5, 5.41) is 12.9. The monoisotopic (exact) mass is 261 g/mol. The molecule has 0 aliphatic heterocycles. The van der Waals surface area contributed by atoms with Crippen LogP contribution in [-0.4, -0.2) is 15.1 Å². The third kappa shape index (κ3) is 3.48. The largest absolute Gasteiger partial charge is 0.508 e. The van der Waals surface area contributed by atoms with Crippen LogP contribution in [0.4, 0.5) is 4.39 Å². The second kappa shape index (κ2) is 5.75. The average Bonchev–Trinajstić information content (AvgIpc) is 2.37. The molecule has 0 saturated carbocycles. The number of aryl methyl sites for hydroxylation is 1. The summed E-state index contributed by atoms with van der Waals surface area (Å²) < 4.78 is 12.9. The quantitative estimate of drug-likeness (QED) is 0.887. The molecule has 0 bridgehead atoms. The van der Waals surface area contributed by atoms with E-state index >= 15 is 0 Å². The van der Waals surface area contributed by atoms with Crippen LogP contribution < -0.4 is 5.32 Å². The lowest BCUT2D eigenvalue weighted by atomic mass is 10.1. The number of phenols is 1. The Morgan fingerprint density at radius 1 is 1.32 bits per heavy atom. The van der Waals surface area contributed by atoms with Gasteiger partial charge in [-0.3, -0.25) is 9.97 Å². The van der Waals surface area contributed by atoms with Crippen LogP contribution in [0.25, 0.3) is 0 Å². The van der Waals surface area contributed by atoms with E-state index in [0.29, 0.717) is 12.1 Å². The van der Waals surface area contributed by atoms with Crippen molar-refractivity contribution in [2.75, 3.05) is 0 Å². The molecule has 0 amide bonds. The summed E-state index contributed by atoms with van der Waals surface area (Å²) in [5.41, 5.74) is 2.34. The second-order valence-electron chi connectivity index (χ2n) is 4.45. The van der Waals surface area contributed by atoms with Crippen molar-refractivity contribution in [3.05, 3.63) is 53.4 Å². The average molecular weight is 261 g/mol. The van der Waals surface area contributed by atoms with Crippen molar-refractivity contribution in [2.24, 2.45) is 0 Å². The highest BCUT2D eigenvalue weighted by Gasteiger charge is 2.10. The van der Waals surface area contributed by atoms with E-state index in [1.54, 1.807) is 18.5 Å². The number of phenolic OH excluding ortho intramolecular Hbond substituents is 1. The van der Waals surface area contributed by atoms with Crippen molar-refractivity contribution in [3.63, 3.8) is 0 Å². The van der Waals surface area contributed by atoms with E-state index in [1.807, 2.05) is 13.8 Å². The Balaban J connectivity index is 2.01. The lowest BCUT2D eigenvalue weighted by Gasteiger charge is -2.15. The first-order valence-corrected chi connectivity index (χ1v) is 6.05. The van der Waals surface area contributed by atoms with Gasteiger partial charge in [0.1, 0.15) is 11.6 Å². The smallest absolute Gasteiger partial charge is 0.126 e. The van der Waals surface area contributed by atoms with Gasteiger partial charge in [0.2, 0.25) is 0 Å². The molecule has 100 valence electrons. The maximum Gasteiger partial charge on any atom is 0.126 e. The molecule has 2 rings (SSSR count). The first-order chi connectivity index (χ1) is 9.06. The van der Waals surface area contributed by atoms with Crippen LogP contribution in [0.5, 0.6) is 5.75 Å². The molecule has 0 saturated heterocycles. The van der Waals surface area contributed by atoms with Crippen LogP contribution in [0.2, 0.25) is 0 Å². The van der Waals surface area contributed by atoms with E-state index in [1.165, 1.54) is 6.07 Å². The van der Waals surface area contributed by atoms with E-state index in [0.717, 1.165) is 17.5 Å². The first-order valence-electron chi connectivity index (χ1n) is 6.05. The fourth-order valence-corrected chi connectivity index (χ4v) is 1.76. The molecule has 2 aromatic rings. The molecule has 2 N–H and O–H groups in total. The van der Waals surface area contributed by atoms with Gasteiger partial charge in [-0.05, 0) is 19.9 Å². The van der Waals surface area contributed by atoms with Crippen molar-refractivity contribution in [2.45, 2.75) is 26.4 Å². The summed E-state index contributed by atoms with van der Waals surface area (Å²) in [6, 6.07) is 3.91. The topological polar surface area (TPSA) is 58.0 Å². The fraction of sp³-hybridized carbons (Fsp3) is 0.286. The first kappa shape index (κ1) is 13.4. The normalized spacial score (nSPS) is 12.4. The molecule has 0 radical (unpaired) electrons. The summed E-state index contributed by atoms with van der Waals surface area (Å²) in [5.74, 6) is -0.493. The molecule has 19 heavy (non-hydrogen) atoms. The zero-order valence-electron chi connectivity index (χ0n) is 10.9. The van der Waals surface area contributed by atoms with Gasteiger partial charge in [-0.1, -0.05) is 6.07 Å². The van der Waals surface area contributed by atoms with E-state index in [2.05, 4.69) is 15.3 Å². The molecule has 1 unspecified atom stereocenters. The highest BCUT2D eigenvalue weighted by Crippen LogP contribution is 2.24. The molecule has 0 aliphatic rings. The van der Waals surface area contributed by atoms with E-state index in [-0.39, 0.29) is 11.8 Å². The summed E-state index contributed by atoms with van der Waals surface area (Å²) in [4.78, 5) is 8.39. The fourth-order valence-electron chi connectivity index (χ4n) is 1.76. The molecule has 1 aromatic carbocycles. The number of benzene rings is 1. The maximum atomic E-state index is 12.9. The van der Waals surface area contributed by atoms with Crippen LogP contribution in [-0.2, 0) is 6.54 Å². The standard InChI is InChI=1S/C14H16FN3O/c1-9-6-18-12(7-16-9)8-17-10(2)13-4-3-11(15)5-14(13)19/h3-7,10,17,19H,8H2,1-2H3. The Morgan fingerprint density at radius 2 is 2.11 bits per heavy atom. The van der Waals surface area contributed by atoms with Crippen LogP contribution in [0.1, 0.15) is 29.9 Å². The predicted octanol–water partition coefficient (Wildman–Crippen LogP) is 2.48. The van der Waals surface area contributed by atoms with Crippen molar-refractivity contribution in [1.29, 1.82) is 0 Å². The summed E-state index contributed by atoms with van der Waals surface area (Å²) in [6.45, 7) is 4.31. The van der Waals surface area contributed by atoms with Gasteiger partial charge in [0.15, 0.2) is 0 Å². The van der Waals surface area contributed by atoms with Crippen LogP contribution in [0.3, 0.4) is 0 Å². The minimum Gasteiger partial charge on any atom is -0.508 e. The van der Waals surface area contributed by atoms with E-state index < -0.39 is 5.82 Å². The van der Waals surface area contributed by atoms with Gasteiger partial charge in [-0.25, -0.2) is 4.39 Å². The van der Waals surface area contributed by atoms with Crippen molar-refractivity contribution >= 4 is 0 Å². The lowest BCUT2D eigenvalue weighted by Crippen LogP contribution is -2.19. The molecule has 1 atom stereocenters. The van der Waals surface area contributed by atoms with Gasteiger partial charge >= 0.3 is 0 Å². The zero-order chi connectivity index (χ0) is 13.8. The SMILES string of the molecule is Cc1cnc(CNC(C)c2ccc(F)cc2O)cn1. The molecular weight excluding hydrogens is 245 g/mol. The number of aromatic nitrogens is 2. The Hall–Kier alpha value is -2.01. The molecule has 4 nitrogen and oxygen atoms in total. The Kier molecular flexibility index (Phi) is 4.06. The Labute approximate surface area is 111 Å². The summed E-state index contributed by atoms with van der Waals surface area (Å²) in [6.07, 6.45) is 3.41. The minimum absolute atomic E-state index is 0.0463. The highest BCUT2D eigenvalue weighted by atomic mass is 19.1. The van der Waals surface area contributed by atoms with E-state index in [4.69, 9.17) is 0 Å². The number of hydrogen-bond donors (Lipinski definition) is 2. The lowest BCUT2D eigenvalue weighted by molar-refractivity contribution is 0.446. The van der Waals surface area contributed by atoms with Crippen LogP contribution >= 0.6 is 0 Å². The van der Waals surface area contributed by atoms with Crippen molar-refractivity contribution < 1.29 is 9.50 Å². The molecular formula is C14H16FN3O. The van der Waals surface area contributed by atoms with Gasteiger partial charge < -0.3 is 10.4 Å². The third-order valence-corrected chi connectivity index (χ3v) is 2.88. The Morgan fingerprint density at radius 3 is 2.74 bits per heavy atom. The van der Waals surface area contributed by atoms with Gasteiger partial charge in [-0.15, -0.1) is 0 Å². The van der Waals surface area contributed by atoms with Gasteiger partial charge in [0.25, 0.3) is 0 Å². The summed E-state index contributed by atoms with van der Waals surface area (Å²) >= 11 is 0. The number of aromatic hydroxyl groups is 1. The van der Waals surface area contributed by atoms with E-state index in [9.17, 15) is 9.50 Å². The number of rotatable bonds is 4. The highest BCUT2D eigenvalue weighted by molar-refractivity contribution is 5.34. The van der Waals surface area contributed by atoms with Crippen LogP contribution in [0.15, 0.2) is 30.6 Å². The molecule has 1 heterocycles.